The number of nitrogen functional groups attached to an aromatic ring is 1. The number of nitrogens with zero attached hydrogens (tertiary/aromatic N) is 1. The van der Waals surface area contributed by atoms with E-state index < -0.39 is 17.4 Å². The highest BCUT2D eigenvalue weighted by Crippen LogP contribution is 2.27. The van der Waals surface area contributed by atoms with Crippen LogP contribution in [-0.4, -0.2) is 16.4 Å². The summed E-state index contributed by atoms with van der Waals surface area (Å²) in [7, 11) is 0. The molecule has 3 heterocycles. The Morgan fingerprint density at radius 2 is 1.75 bits per heavy atom. The third-order valence-electron chi connectivity index (χ3n) is 3.88. The molecule has 0 unspecified atom stereocenters. The molecule has 0 bridgehead atoms. The standard InChI is InChI=1S/C17H11N3O3S/c18-15-14-11(16(22)19-17(14)23)8-13(21)20(15)10-5-3-9(4-6-10)12-2-1-7-24-12/h1-8H,18H2,(H,19,22,23). The summed E-state index contributed by atoms with van der Waals surface area (Å²) in [4.78, 5) is 37.0. The zero-order valence-electron chi connectivity index (χ0n) is 12.3. The van der Waals surface area contributed by atoms with E-state index in [0.717, 1.165) is 16.5 Å². The first-order chi connectivity index (χ1) is 11.6. The lowest BCUT2D eigenvalue weighted by Crippen LogP contribution is -2.24. The van der Waals surface area contributed by atoms with Crippen molar-refractivity contribution in [1.29, 1.82) is 0 Å². The van der Waals surface area contributed by atoms with Crippen LogP contribution in [0.2, 0.25) is 0 Å². The first-order valence-electron chi connectivity index (χ1n) is 7.12. The maximum absolute atomic E-state index is 12.4. The Labute approximate surface area is 140 Å². The Balaban J connectivity index is 1.86. The second-order valence-corrected chi connectivity index (χ2v) is 6.25. The number of carbonyl (C=O) groups excluding carboxylic acids is 2. The van der Waals surface area contributed by atoms with Crippen molar-refractivity contribution in [2.45, 2.75) is 0 Å². The fraction of sp³-hybridized carbons (Fsp3) is 0. The van der Waals surface area contributed by atoms with Crippen LogP contribution >= 0.6 is 11.3 Å². The SMILES string of the molecule is Nc1c2c(cc(=O)n1-c1ccc(-c3cccs3)cc1)C(=O)NC2=O. The van der Waals surface area contributed by atoms with E-state index in [9.17, 15) is 14.4 Å². The first kappa shape index (κ1) is 14.4. The number of amides is 2. The molecule has 0 saturated heterocycles. The number of imide groups is 1. The van der Waals surface area contributed by atoms with Gasteiger partial charge < -0.3 is 5.73 Å². The number of thiophene rings is 1. The van der Waals surface area contributed by atoms with E-state index in [1.165, 1.54) is 4.57 Å². The number of carbonyl (C=O) groups is 2. The Kier molecular flexibility index (Phi) is 3.10. The molecule has 0 aliphatic carbocycles. The summed E-state index contributed by atoms with van der Waals surface area (Å²) >= 11 is 1.62. The molecule has 0 saturated carbocycles. The molecule has 0 radical (unpaired) electrons. The summed E-state index contributed by atoms with van der Waals surface area (Å²) in [6, 6.07) is 12.4. The second-order valence-electron chi connectivity index (χ2n) is 5.30. The smallest absolute Gasteiger partial charge is 0.262 e. The number of rotatable bonds is 2. The van der Waals surface area contributed by atoms with Crippen molar-refractivity contribution >= 4 is 29.0 Å². The summed E-state index contributed by atoms with van der Waals surface area (Å²) in [5, 5.41) is 4.14. The van der Waals surface area contributed by atoms with Crippen LogP contribution in [0.1, 0.15) is 20.7 Å². The van der Waals surface area contributed by atoms with Crippen LogP contribution in [0.3, 0.4) is 0 Å². The lowest BCUT2D eigenvalue weighted by atomic mass is 10.1. The zero-order chi connectivity index (χ0) is 16.8. The predicted octanol–water partition coefficient (Wildman–Crippen LogP) is 2.03. The summed E-state index contributed by atoms with van der Waals surface area (Å²) in [5.41, 5.74) is 7.17. The first-order valence-corrected chi connectivity index (χ1v) is 8.00. The van der Waals surface area contributed by atoms with E-state index >= 15 is 0 Å². The zero-order valence-corrected chi connectivity index (χ0v) is 13.1. The van der Waals surface area contributed by atoms with E-state index in [1.807, 2.05) is 29.6 Å². The minimum atomic E-state index is -0.598. The molecule has 2 aromatic heterocycles. The van der Waals surface area contributed by atoms with Gasteiger partial charge in [0.05, 0.1) is 16.8 Å². The molecule has 1 aliphatic heterocycles. The Hall–Kier alpha value is -3.19. The van der Waals surface area contributed by atoms with Gasteiger partial charge in [0.25, 0.3) is 17.4 Å². The molecule has 6 nitrogen and oxygen atoms in total. The molecule has 1 aliphatic rings. The Morgan fingerprint density at radius 1 is 1.00 bits per heavy atom. The lowest BCUT2D eigenvalue weighted by molar-refractivity contribution is 0.0880. The number of pyridine rings is 1. The van der Waals surface area contributed by atoms with Gasteiger partial charge in [-0.3, -0.25) is 24.3 Å². The average molecular weight is 337 g/mol. The quantitative estimate of drug-likeness (QED) is 0.700. The predicted molar refractivity (Wildman–Crippen MR) is 91.6 cm³/mol. The van der Waals surface area contributed by atoms with Gasteiger partial charge in [-0.2, -0.15) is 0 Å². The number of anilines is 1. The van der Waals surface area contributed by atoms with Crippen LogP contribution in [-0.2, 0) is 0 Å². The number of benzene rings is 1. The van der Waals surface area contributed by atoms with E-state index in [1.54, 1.807) is 23.5 Å². The lowest BCUT2D eigenvalue weighted by Gasteiger charge is -2.12. The molecule has 3 aromatic rings. The van der Waals surface area contributed by atoms with Gasteiger partial charge in [0.15, 0.2) is 0 Å². The van der Waals surface area contributed by atoms with Gasteiger partial charge in [-0.05, 0) is 29.1 Å². The molecule has 0 atom stereocenters. The normalized spacial score (nSPS) is 13.0. The van der Waals surface area contributed by atoms with E-state index in [2.05, 4.69) is 5.32 Å². The summed E-state index contributed by atoms with van der Waals surface area (Å²) in [6.07, 6.45) is 0. The highest BCUT2D eigenvalue weighted by molar-refractivity contribution is 7.13. The fourth-order valence-electron chi connectivity index (χ4n) is 2.76. The number of aromatic nitrogens is 1. The van der Waals surface area contributed by atoms with Gasteiger partial charge in [0.1, 0.15) is 5.82 Å². The molecular formula is C17H11N3O3S. The van der Waals surface area contributed by atoms with Crippen molar-refractivity contribution in [1.82, 2.24) is 9.88 Å². The third-order valence-corrected chi connectivity index (χ3v) is 4.80. The number of nitrogens with two attached hydrogens (primary N) is 1. The van der Waals surface area contributed by atoms with E-state index in [-0.39, 0.29) is 16.9 Å². The van der Waals surface area contributed by atoms with Gasteiger partial charge in [-0.1, -0.05) is 18.2 Å². The van der Waals surface area contributed by atoms with Crippen molar-refractivity contribution in [2.24, 2.45) is 0 Å². The van der Waals surface area contributed by atoms with Gasteiger partial charge in [-0.15, -0.1) is 11.3 Å². The molecule has 0 fully saturated rings. The summed E-state index contributed by atoms with van der Waals surface area (Å²) in [6.45, 7) is 0. The maximum atomic E-state index is 12.4. The van der Waals surface area contributed by atoms with Crippen LogP contribution in [0, 0.1) is 0 Å². The van der Waals surface area contributed by atoms with Crippen molar-refractivity contribution in [2.75, 3.05) is 5.73 Å². The van der Waals surface area contributed by atoms with Crippen molar-refractivity contribution in [3.63, 3.8) is 0 Å². The van der Waals surface area contributed by atoms with Crippen molar-refractivity contribution < 1.29 is 9.59 Å². The molecule has 24 heavy (non-hydrogen) atoms. The van der Waals surface area contributed by atoms with Crippen molar-refractivity contribution in [3.8, 4) is 16.1 Å². The minimum Gasteiger partial charge on any atom is -0.384 e. The Bertz CT molecular complexity index is 1030. The van der Waals surface area contributed by atoms with Crippen LogP contribution in [0.4, 0.5) is 5.82 Å². The monoisotopic (exact) mass is 337 g/mol. The third kappa shape index (κ3) is 2.06. The van der Waals surface area contributed by atoms with Gasteiger partial charge in [0.2, 0.25) is 0 Å². The van der Waals surface area contributed by atoms with Gasteiger partial charge in [-0.25, -0.2) is 0 Å². The summed E-state index contributed by atoms with van der Waals surface area (Å²) in [5.74, 6) is -1.22. The Morgan fingerprint density at radius 3 is 2.42 bits per heavy atom. The van der Waals surface area contributed by atoms with E-state index in [4.69, 9.17) is 5.73 Å². The van der Waals surface area contributed by atoms with E-state index in [0.29, 0.717) is 5.69 Å². The molecule has 118 valence electrons. The molecule has 1 aromatic carbocycles. The molecule has 2 amide bonds. The second kappa shape index (κ2) is 5.17. The van der Waals surface area contributed by atoms with Crippen LogP contribution in [0.25, 0.3) is 16.1 Å². The maximum Gasteiger partial charge on any atom is 0.262 e. The summed E-state index contributed by atoms with van der Waals surface area (Å²) < 4.78 is 1.23. The molecule has 4 rings (SSSR count). The van der Waals surface area contributed by atoms with Crippen LogP contribution in [0.5, 0.6) is 0 Å². The average Bonchev–Trinajstić information content (AvgIpc) is 3.17. The fourth-order valence-corrected chi connectivity index (χ4v) is 3.50. The highest BCUT2D eigenvalue weighted by Gasteiger charge is 2.31. The van der Waals surface area contributed by atoms with Gasteiger partial charge >= 0.3 is 0 Å². The topological polar surface area (TPSA) is 94.2 Å². The molecule has 3 N–H and O–H groups in total. The minimum absolute atomic E-state index is 0.0222. The molecule has 0 spiro atoms. The number of hydrogen-bond donors (Lipinski definition) is 2. The number of fused-ring (bicyclic) bond motifs is 1. The van der Waals surface area contributed by atoms with Gasteiger partial charge in [0, 0.05) is 10.9 Å². The number of nitrogens with one attached hydrogen (secondary N) is 1. The number of hydrogen-bond acceptors (Lipinski definition) is 5. The van der Waals surface area contributed by atoms with Crippen molar-refractivity contribution in [3.05, 3.63) is 69.3 Å². The molecule has 7 heteroatoms. The van der Waals surface area contributed by atoms with Crippen LogP contribution in [0.15, 0.2) is 52.6 Å². The van der Waals surface area contributed by atoms with Crippen LogP contribution < -0.4 is 16.6 Å². The largest absolute Gasteiger partial charge is 0.384 e. The molecular weight excluding hydrogens is 326 g/mol. The highest BCUT2D eigenvalue weighted by atomic mass is 32.1.